The van der Waals surface area contributed by atoms with E-state index in [0.717, 1.165) is 0 Å². The van der Waals surface area contributed by atoms with E-state index >= 15 is 0 Å². The molecule has 4 aliphatic rings. The second-order valence-corrected chi connectivity index (χ2v) is 7.98. The summed E-state index contributed by atoms with van der Waals surface area (Å²) in [5.74, 6) is 1.25. The Labute approximate surface area is 214 Å². The lowest BCUT2D eigenvalue weighted by Crippen LogP contribution is -2.15. The smallest absolute Gasteiger partial charge is 0.338 e. The van der Waals surface area contributed by atoms with E-state index in [1.54, 1.807) is 60.7 Å². The van der Waals surface area contributed by atoms with Crippen LogP contribution in [-0.4, -0.2) is 52.6 Å². The van der Waals surface area contributed by atoms with Gasteiger partial charge >= 0.3 is 11.9 Å². The van der Waals surface area contributed by atoms with Crippen LogP contribution in [0.5, 0.6) is 23.0 Å². The molecule has 0 spiro atoms. The standard InChI is InChI=1S/C28H28O9/c1-31-27(29)25-15-19-17-36-23-7-3-21(4-8-23)34-13-11-33-12-14-35-22-5-9-24(10-6-22)37-18-20(19)16-26(25)28(30)32-2/h3-10,15-16H,11-14,17-18H2,1-2H3. The van der Waals surface area contributed by atoms with Gasteiger partial charge in [-0.25, -0.2) is 9.59 Å². The molecule has 0 atom stereocenters. The maximum atomic E-state index is 12.4. The SMILES string of the molecule is COC(=O)c1cc2c(cc1C(=O)OC)COc1ccc(cc1)OCCOCCOc1ccc(cc1)OC2. The van der Waals surface area contributed by atoms with Crippen molar-refractivity contribution in [1.82, 2.24) is 0 Å². The molecule has 0 amide bonds. The highest BCUT2D eigenvalue weighted by Crippen LogP contribution is 2.25. The van der Waals surface area contributed by atoms with Crippen molar-refractivity contribution in [2.75, 3.05) is 40.6 Å². The highest BCUT2D eigenvalue weighted by atomic mass is 16.5. The highest BCUT2D eigenvalue weighted by Gasteiger charge is 2.22. The van der Waals surface area contributed by atoms with Crippen molar-refractivity contribution in [2.45, 2.75) is 13.2 Å². The van der Waals surface area contributed by atoms with Crippen LogP contribution in [0.25, 0.3) is 0 Å². The molecule has 4 bridgehead atoms. The fourth-order valence-electron chi connectivity index (χ4n) is 3.64. The molecule has 4 aliphatic heterocycles. The van der Waals surface area contributed by atoms with Gasteiger partial charge in [-0.1, -0.05) is 0 Å². The Morgan fingerprint density at radius 2 is 0.919 bits per heavy atom. The van der Waals surface area contributed by atoms with Gasteiger partial charge in [-0.2, -0.15) is 0 Å². The third-order valence-electron chi connectivity index (χ3n) is 5.58. The maximum absolute atomic E-state index is 12.4. The summed E-state index contributed by atoms with van der Waals surface area (Å²) in [7, 11) is 2.50. The molecule has 0 fully saturated rings. The van der Waals surface area contributed by atoms with E-state index in [9.17, 15) is 9.59 Å². The Hall–Kier alpha value is -4.24. The number of carbonyl (C=O) groups is 2. The zero-order chi connectivity index (χ0) is 26.0. The molecule has 0 aliphatic carbocycles. The third-order valence-corrected chi connectivity index (χ3v) is 5.58. The van der Waals surface area contributed by atoms with E-state index in [0.29, 0.717) is 60.6 Å². The summed E-state index contributed by atoms with van der Waals surface area (Å²) in [6.45, 7) is 1.90. The molecule has 0 aromatic heterocycles. The summed E-state index contributed by atoms with van der Waals surface area (Å²) >= 11 is 0. The maximum Gasteiger partial charge on any atom is 0.338 e. The van der Waals surface area contributed by atoms with Crippen LogP contribution in [-0.2, 0) is 27.4 Å². The van der Waals surface area contributed by atoms with Gasteiger partial charge in [0.05, 0.1) is 38.6 Å². The second-order valence-electron chi connectivity index (χ2n) is 7.98. The van der Waals surface area contributed by atoms with Gasteiger partial charge in [0.2, 0.25) is 0 Å². The van der Waals surface area contributed by atoms with Crippen molar-refractivity contribution in [3.63, 3.8) is 0 Å². The predicted octanol–water partition coefficient (Wildman–Crippen LogP) is 4.21. The van der Waals surface area contributed by atoms with Crippen LogP contribution < -0.4 is 18.9 Å². The predicted molar refractivity (Wildman–Crippen MR) is 132 cm³/mol. The first-order valence-corrected chi connectivity index (χ1v) is 11.7. The molecule has 194 valence electrons. The van der Waals surface area contributed by atoms with Crippen LogP contribution in [0.3, 0.4) is 0 Å². The van der Waals surface area contributed by atoms with E-state index in [4.69, 9.17) is 33.2 Å². The Kier molecular flexibility index (Phi) is 8.83. The molecule has 0 saturated heterocycles. The molecule has 3 aromatic carbocycles. The second kappa shape index (κ2) is 12.6. The van der Waals surface area contributed by atoms with Crippen molar-refractivity contribution in [3.05, 3.63) is 82.9 Å². The van der Waals surface area contributed by atoms with Gasteiger partial charge in [0, 0.05) is 0 Å². The zero-order valence-electron chi connectivity index (χ0n) is 20.7. The van der Waals surface area contributed by atoms with Crippen LogP contribution in [0, 0.1) is 0 Å². The molecule has 9 heteroatoms. The molecule has 9 nitrogen and oxygen atoms in total. The fourth-order valence-corrected chi connectivity index (χ4v) is 3.64. The Morgan fingerprint density at radius 3 is 1.27 bits per heavy atom. The number of esters is 2. The normalized spacial score (nSPS) is 14.0. The van der Waals surface area contributed by atoms with Gasteiger partial charge in [-0.15, -0.1) is 0 Å². The molecule has 4 heterocycles. The minimum atomic E-state index is -0.660. The van der Waals surface area contributed by atoms with Crippen molar-refractivity contribution >= 4 is 11.9 Å². The van der Waals surface area contributed by atoms with Crippen LogP contribution in [0.4, 0.5) is 0 Å². The van der Waals surface area contributed by atoms with Gasteiger partial charge in [0.25, 0.3) is 0 Å². The number of hydrogen-bond acceptors (Lipinski definition) is 9. The number of benzene rings is 3. The van der Waals surface area contributed by atoms with E-state index in [1.807, 2.05) is 0 Å². The molecule has 7 rings (SSSR count). The molecule has 0 radical (unpaired) electrons. The van der Waals surface area contributed by atoms with Gasteiger partial charge in [0.15, 0.2) is 0 Å². The number of rotatable bonds is 2. The zero-order valence-corrected chi connectivity index (χ0v) is 20.7. The summed E-state index contributed by atoms with van der Waals surface area (Å²) in [5, 5.41) is 0. The molecule has 37 heavy (non-hydrogen) atoms. The van der Waals surface area contributed by atoms with Gasteiger partial charge in [-0.3, -0.25) is 0 Å². The van der Waals surface area contributed by atoms with Gasteiger partial charge in [-0.05, 0) is 71.8 Å². The minimum Gasteiger partial charge on any atom is -0.491 e. The van der Waals surface area contributed by atoms with Crippen LogP contribution in [0.2, 0.25) is 0 Å². The topological polar surface area (TPSA) is 98.8 Å². The van der Waals surface area contributed by atoms with Crippen molar-refractivity contribution in [1.29, 1.82) is 0 Å². The molecule has 0 unspecified atom stereocenters. The largest absolute Gasteiger partial charge is 0.491 e. The lowest BCUT2D eigenvalue weighted by Gasteiger charge is -2.16. The first-order valence-electron chi connectivity index (χ1n) is 11.7. The first kappa shape index (κ1) is 25.8. The van der Waals surface area contributed by atoms with Gasteiger partial charge < -0.3 is 33.2 Å². The molecule has 0 saturated carbocycles. The number of ether oxygens (including phenoxy) is 7. The lowest BCUT2D eigenvalue weighted by atomic mass is 9.98. The summed E-state index contributed by atoms with van der Waals surface area (Å²) in [4.78, 5) is 24.9. The van der Waals surface area contributed by atoms with Crippen molar-refractivity contribution in [2.24, 2.45) is 0 Å². The minimum absolute atomic E-state index is 0.0784. The number of hydrogen-bond donors (Lipinski definition) is 0. The first-order chi connectivity index (χ1) is 18.1. The molecular weight excluding hydrogens is 480 g/mol. The molecular formula is C28H28O9. The van der Waals surface area contributed by atoms with Crippen LogP contribution in [0.15, 0.2) is 60.7 Å². The molecule has 0 N–H and O–H groups in total. The third kappa shape index (κ3) is 6.92. The summed E-state index contributed by atoms with van der Waals surface area (Å²) < 4.78 is 38.7. The quantitative estimate of drug-likeness (QED) is 0.472. The Balaban J connectivity index is 1.66. The number of carbonyl (C=O) groups excluding carboxylic acids is 2. The number of methoxy groups -OCH3 is 2. The average molecular weight is 509 g/mol. The lowest BCUT2D eigenvalue weighted by molar-refractivity contribution is 0.0554. The Morgan fingerprint density at radius 1 is 0.568 bits per heavy atom. The summed E-state index contributed by atoms with van der Waals surface area (Å²) in [6.07, 6.45) is 0. The molecule has 3 aromatic rings. The van der Waals surface area contributed by atoms with Crippen molar-refractivity contribution in [3.8, 4) is 23.0 Å². The Bertz CT molecular complexity index is 1110. The highest BCUT2D eigenvalue weighted by molar-refractivity contribution is 6.03. The summed E-state index contributed by atoms with van der Waals surface area (Å²) in [5.41, 5.74) is 1.46. The van der Waals surface area contributed by atoms with Crippen LogP contribution >= 0.6 is 0 Å². The van der Waals surface area contributed by atoms with E-state index in [2.05, 4.69) is 0 Å². The average Bonchev–Trinajstić information content (AvgIpc) is 2.94. The monoisotopic (exact) mass is 508 g/mol. The summed E-state index contributed by atoms with van der Waals surface area (Å²) in [6, 6.07) is 17.5. The van der Waals surface area contributed by atoms with E-state index in [-0.39, 0.29) is 24.3 Å². The van der Waals surface area contributed by atoms with E-state index < -0.39 is 11.9 Å². The van der Waals surface area contributed by atoms with Gasteiger partial charge in [0.1, 0.15) is 49.4 Å². The fraction of sp³-hybridized carbons (Fsp3) is 0.286. The van der Waals surface area contributed by atoms with Crippen LogP contribution in [0.1, 0.15) is 31.8 Å². The van der Waals surface area contributed by atoms with E-state index in [1.165, 1.54) is 14.2 Å². The van der Waals surface area contributed by atoms with Crippen molar-refractivity contribution < 1.29 is 42.7 Å².